The van der Waals surface area contributed by atoms with Crippen LogP contribution in [0, 0.1) is 0 Å². The van der Waals surface area contributed by atoms with Gasteiger partial charge in [0.25, 0.3) is 0 Å². The van der Waals surface area contributed by atoms with Crippen LogP contribution in [0.3, 0.4) is 0 Å². The van der Waals surface area contributed by atoms with Crippen molar-refractivity contribution < 1.29 is 22.3 Å². The summed E-state index contributed by atoms with van der Waals surface area (Å²) in [4.78, 5) is 0. The lowest BCUT2D eigenvalue weighted by molar-refractivity contribution is 0.137. The Labute approximate surface area is 102 Å². The third-order valence-electron chi connectivity index (χ3n) is 1.80. The Hall–Kier alpha value is -0.290. The summed E-state index contributed by atoms with van der Waals surface area (Å²) in [6.07, 6.45) is 0. The molecule has 0 atom stereocenters. The first-order chi connectivity index (χ1) is 8.00. The molecular formula is C8H21N3O5S. The summed E-state index contributed by atoms with van der Waals surface area (Å²) in [7, 11) is -4.67. The Morgan fingerprint density at radius 3 is 1.41 bits per heavy atom. The Bertz CT molecular complexity index is 209. The van der Waals surface area contributed by atoms with Crippen LogP contribution >= 0.6 is 0 Å². The molecule has 0 aromatic carbocycles. The maximum atomic E-state index is 8.74. The summed E-state index contributed by atoms with van der Waals surface area (Å²) in [6.45, 7) is 7.71. The van der Waals surface area contributed by atoms with Crippen molar-refractivity contribution in [2.24, 2.45) is 0 Å². The molecule has 9 heteroatoms. The molecule has 0 spiro atoms. The largest absolute Gasteiger partial charge is 0.394 e. The van der Waals surface area contributed by atoms with Crippen molar-refractivity contribution in [2.45, 2.75) is 0 Å². The zero-order valence-electron chi connectivity index (χ0n) is 9.68. The minimum Gasteiger partial charge on any atom is -0.379 e. The minimum atomic E-state index is -4.67. The normalized spacial score (nSPS) is 20.4. The van der Waals surface area contributed by atoms with Gasteiger partial charge in [-0.1, -0.05) is 0 Å². The van der Waals surface area contributed by atoms with Crippen molar-refractivity contribution >= 4 is 10.4 Å². The van der Waals surface area contributed by atoms with Gasteiger partial charge in [-0.3, -0.25) is 9.11 Å². The van der Waals surface area contributed by atoms with Crippen molar-refractivity contribution in [1.29, 1.82) is 0 Å². The van der Waals surface area contributed by atoms with Crippen LogP contribution in [0.2, 0.25) is 0 Å². The Morgan fingerprint density at radius 2 is 1.06 bits per heavy atom. The SMILES string of the molecule is C1CNCCOCCNCCN1.O=S(=O)(O)O. The molecule has 17 heavy (non-hydrogen) atoms. The predicted octanol–water partition coefficient (Wildman–Crippen LogP) is -1.87. The van der Waals surface area contributed by atoms with E-state index in [1.165, 1.54) is 0 Å². The van der Waals surface area contributed by atoms with E-state index in [-0.39, 0.29) is 0 Å². The molecule has 0 unspecified atom stereocenters. The van der Waals surface area contributed by atoms with Crippen LogP contribution < -0.4 is 16.0 Å². The lowest BCUT2D eigenvalue weighted by Crippen LogP contribution is -2.36. The van der Waals surface area contributed by atoms with Crippen LogP contribution in [0.15, 0.2) is 0 Å². The maximum Gasteiger partial charge on any atom is 0.394 e. The van der Waals surface area contributed by atoms with Crippen molar-refractivity contribution in [3.63, 3.8) is 0 Å². The first-order valence-corrected chi connectivity index (χ1v) is 6.79. The standard InChI is InChI=1S/C8H19N3O.H2O4S/c1-3-10-5-7-12-8-6-11-4-2-9-1;1-5(2,3)4/h9-11H,1-8H2;(H2,1,2,3,4). The van der Waals surface area contributed by atoms with E-state index < -0.39 is 10.4 Å². The second kappa shape index (κ2) is 10.8. The molecule has 1 fully saturated rings. The van der Waals surface area contributed by atoms with E-state index in [9.17, 15) is 0 Å². The molecule has 1 aliphatic heterocycles. The van der Waals surface area contributed by atoms with E-state index in [0.29, 0.717) is 0 Å². The zero-order chi connectivity index (χ0) is 13.0. The average molecular weight is 271 g/mol. The van der Waals surface area contributed by atoms with Gasteiger partial charge in [0.1, 0.15) is 0 Å². The van der Waals surface area contributed by atoms with Gasteiger partial charge in [-0.05, 0) is 0 Å². The fraction of sp³-hybridized carbons (Fsp3) is 1.00. The molecule has 0 bridgehead atoms. The fourth-order valence-electron chi connectivity index (χ4n) is 1.12. The molecule has 0 amide bonds. The molecule has 0 aromatic heterocycles. The molecule has 0 saturated carbocycles. The fourth-order valence-corrected chi connectivity index (χ4v) is 1.12. The predicted molar refractivity (Wildman–Crippen MR) is 63.6 cm³/mol. The lowest BCUT2D eigenvalue weighted by atomic mass is 10.5. The number of hydrogen-bond donors (Lipinski definition) is 5. The van der Waals surface area contributed by atoms with E-state index >= 15 is 0 Å². The summed E-state index contributed by atoms with van der Waals surface area (Å²) in [5.74, 6) is 0. The van der Waals surface area contributed by atoms with Crippen molar-refractivity contribution in [2.75, 3.05) is 52.5 Å². The monoisotopic (exact) mass is 271 g/mol. The molecule has 0 aliphatic carbocycles. The van der Waals surface area contributed by atoms with Crippen LogP contribution in [0.4, 0.5) is 0 Å². The molecule has 1 heterocycles. The van der Waals surface area contributed by atoms with Gasteiger partial charge in [-0.15, -0.1) is 0 Å². The number of ether oxygens (including phenoxy) is 1. The summed E-state index contributed by atoms with van der Waals surface area (Å²) in [5, 5.41) is 9.93. The Morgan fingerprint density at radius 1 is 0.765 bits per heavy atom. The summed E-state index contributed by atoms with van der Waals surface area (Å²) < 4.78 is 36.9. The summed E-state index contributed by atoms with van der Waals surface area (Å²) >= 11 is 0. The second-order valence-corrected chi connectivity index (χ2v) is 4.21. The van der Waals surface area contributed by atoms with Crippen LogP contribution in [0.25, 0.3) is 0 Å². The molecule has 5 N–H and O–H groups in total. The molecule has 8 nitrogen and oxygen atoms in total. The molecule has 0 aromatic rings. The molecule has 104 valence electrons. The van der Waals surface area contributed by atoms with Gasteiger partial charge in [0, 0.05) is 39.3 Å². The number of hydrogen-bond acceptors (Lipinski definition) is 6. The number of rotatable bonds is 0. The van der Waals surface area contributed by atoms with Gasteiger partial charge in [0.15, 0.2) is 0 Å². The second-order valence-electron chi connectivity index (χ2n) is 3.31. The van der Waals surface area contributed by atoms with Crippen molar-refractivity contribution in [3.05, 3.63) is 0 Å². The van der Waals surface area contributed by atoms with Crippen LogP contribution in [0.5, 0.6) is 0 Å². The first-order valence-electron chi connectivity index (χ1n) is 5.40. The molecule has 1 aliphatic rings. The molecular weight excluding hydrogens is 250 g/mol. The number of nitrogens with one attached hydrogen (secondary N) is 3. The van der Waals surface area contributed by atoms with E-state index in [1.807, 2.05) is 0 Å². The van der Waals surface area contributed by atoms with Crippen LogP contribution in [-0.4, -0.2) is 70.0 Å². The third kappa shape index (κ3) is 21.5. The highest BCUT2D eigenvalue weighted by Crippen LogP contribution is 1.73. The van der Waals surface area contributed by atoms with Gasteiger partial charge >= 0.3 is 10.4 Å². The van der Waals surface area contributed by atoms with Gasteiger partial charge < -0.3 is 20.7 Å². The highest BCUT2D eigenvalue weighted by molar-refractivity contribution is 7.79. The molecule has 0 radical (unpaired) electrons. The van der Waals surface area contributed by atoms with E-state index in [2.05, 4.69) is 16.0 Å². The van der Waals surface area contributed by atoms with E-state index in [0.717, 1.165) is 52.5 Å². The van der Waals surface area contributed by atoms with Gasteiger partial charge in [-0.25, -0.2) is 0 Å². The topological polar surface area (TPSA) is 120 Å². The Kier molecular flexibility index (Phi) is 10.7. The van der Waals surface area contributed by atoms with Crippen molar-refractivity contribution in [1.82, 2.24) is 16.0 Å². The highest BCUT2D eigenvalue weighted by Gasteiger charge is 1.92. The first kappa shape index (κ1) is 16.7. The maximum absolute atomic E-state index is 8.74. The van der Waals surface area contributed by atoms with Gasteiger partial charge in [0.2, 0.25) is 0 Å². The quantitative estimate of drug-likeness (QED) is 0.325. The minimum absolute atomic E-state index is 0.821. The van der Waals surface area contributed by atoms with E-state index in [1.54, 1.807) is 0 Å². The van der Waals surface area contributed by atoms with E-state index in [4.69, 9.17) is 22.3 Å². The molecule has 1 rings (SSSR count). The highest BCUT2D eigenvalue weighted by atomic mass is 32.3. The van der Waals surface area contributed by atoms with Gasteiger partial charge in [0.05, 0.1) is 13.2 Å². The van der Waals surface area contributed by atoms with Crippen molar-refractivity contribution in [3.8, 4) is 0 Å². The van der Waals surface area contributed by atoms with Crippen LogP contribution in [0.1, 0.15) is 0 Å². The Balaban J connectivity index is 0.000000437. The zero-order valence-corrected chi connectivity index (χ0v) is 10.5. The average Bonchev–Trinajstić information content (AvgIpc) is 2.15. The smallest absolute Gasteiger partial charge is 0.379 e. The van der Waals surface area contributed by atoms with Crippen LogP contribution in [-0.2, 0) is 15.1 Å². The third-order valence-corrected chi connectivity index (χ3v) is 1.80. The molecule has 1 saturated heterocycles. The van der Waals surface area contributed by atoms with Gasteiger partial charge in [-0.2, -0.15) is 8.42 Å². The summed E-state index contributed by atoms with van der Waals surface area (Å²) in [6, 6.07) is 0. The lowest BCUT2D eigenvalue weighted by Gasteiger charge is -2.10. The summed E-state index contributed by atoms with van der Waals surface area (Å²) in [5.41, 5.74) is 0.